The van der Waals surface area contributed by atoms with Crippen molar-refractivity contribution < 1.29 is 10.2 Å². The number of hydrogen-bond donors (Lipinski definition) is 3. The standard InChI is InChI=1S/C11H15NO2/c1-7-2-4-8(5-3-7)10-11(14)9(13)6-12-10/h2-5,9-14H,6H2,1H3/t9-,10-,11+/m0/s1. The smallest absolute Gasteiger partial charge is 0.101 e. The van der Waals surface area contributed by atoms with Crippen molar-refractivity contribution in [3.63, 3.8) is 0 Å². The van der Waals surface area contributed by atoms with Crippen LogP contribution in [0.4, 0.5) is 0 Å². The molecular formula is C11H15NO2. The highest BCUT2D eigenvalue weighted by molar-refractivity contribution is 5.26. The summed E-state index contributed by atoms with van der Waals surface area (Å²) in [4.78, 5) is 0. The molecule has 0 aromatic heterocycles. The number of β-amino-alcohol motifs (C(OH)–C–C–N with tert-alkyl or cyclic N) is 1. The average Bonchev–Trinajstić information content (AvgIpc) is 2.50. The van der Waals surface area contributed by atoms with Gasteiger partial charge in [0.05, 0.1) is 12.1 Å². The van der Waals surface area contributed by atoms with Crippen molar-refractivity contribution in [1.82, 2.24) is 5.32 Å². The van der Waals surface area contributed by atoms with Crippen molar-refractivity contribution in [2.24, 2.45) is 0 Å². The lowest BCUT2D eigenvalue weighted by molar-refractivity contribution is 0.0405. The molecule has 1 saturated heterocycles. The Morgan fingerprint density at radius 3 is 2.36 bits per heavy atom. The van der Waals surface area contributed by atoms with Crippen LogP contribution >= 0.6 is 0 Å². The molecule has 14 heavy (non-hydrogen) atoms. The van der Waals surface area contributed by atoms with Crippen LogP contribution in [0.2, 0.25) is 0 Å². The normalized spacial score (nSPS) is 32.1. The van der Waals surface area contributed by atoms with E-state index >= 15 is 0 Å². The second-order valence-corrected chi connectivity index (χ2v) is 3.85. The Bertz CT molecular complexity index is 310. The number of benzene rings is 1. The van der Waals surface area contributed by atoms with Gasteiger partial charge < -0.3 is 15.5 Å². The summed E-state index contributed by atoms with van der Waals surface area (Å²) in [7, 11) is 0. The van der Waals surface area contributed by atoms with Gasteiger partial charge in [0, 0.05) is 6.54 Å². The highest BCUT2D eigenvalue weighted by atomic mass is 16.3. The number of nitrogens with one attached hydrogen (secondary N) is 1. The van der Waals surface area contributed by atoms with Gasteiger partial charge in [0.2, 0.25) is 0 Å². The lowest BCUT2D eigenvalue weighted by atomic mass is 10.0. The quantitative estimate of drug-likeness (QED) is 0.603. The van der Waals surface area contributed by atoms with Gasteiger partial charge in [-0.2, -0.15) is 0 Å². The summed E-state index contributed by atoms with van der Waals surface area (Å²) in [5.41, 5.74) is 2.22. The van der Waals surface area contributed by atoms with Crippen molar-refractivity contribution in [1.29, 1.82) is 0 Å². The average molecular weight is 193 g/mol. The summed E-state index contributed by atoms with van der Waals surface area (Å²) in [6, 6.07) is 7.84. The molecule has 0 bridgehead atoms. The van der Waals surface area contributed by atoms with Gasteiger partial charge in [-0.05, 0) is 12.5 Å². The van der Waals surface area contributed by atoms with Gasteiger partial charge in [0.25, 0.3) is 0 Å². The highest BCUT2D eigenvalue weighted by Gasteiger charge is 2.33. The highest BCUT2D eigenvalue weighted by Crippen LogP contribution is 2.23. The monoisotopic (exact) mass is 193 g/mol. The second kappa shape index (κ2) is 3.69. The van der Waals surface area contributed by atoms with E-state index in [9.17, 15) is 10.2 Å². The first kappa shape index (κ1) is 9.65. The van der Waals surface area contributed by atoms with Gasteiger partial charge in [-0.1, -0.05) is 29.8 Å². The summed E-state index contributed by atoms with van der Waals surface area (Å²) in [5, 5.41) is 22.1. The van der Waals surface area contributed by atoms with Gasteiger partial charge in [0.1, 0.15) is 6.10 Å². The molecule has 2 rings (SSSR count). The molecule has 0 unspecified atom stereocenters. The molecule has 3 heteroatoms. The molecule has 76 valence electrons. The minimum atomic E-state index is -0.697. The van der Waals surface area contributed by atoms with E-state index in [-0.39, 0.29) is 6.04 Å². The summed E-state index contributed by atoms with van der Waals surface area (Å²) in [5.74, 6) is 0. The van der Waals surface area contributed by atoms with Gasteiger partial charge in [-0.3, -0.25) is 0 Å². The van der Waals surface area contributed by atoms with E-state index in [1.165, 1.54) is 5.56 Å². The molecule has 1 fully saturated rings. The maximum Gasteiger partial charge on any atom is 0.101 e. The molecule has 3 N–H and O–H groups in total. The van der Waals surface area contributed by atoms with Gasteiger partial charge in [-0.15, -0.1) is 0 Å². The molecule has 3 nitrogen and oxygen atoms in total. The molecule has 1 heterocycles. The maximum absolute atomic E-state index is 9.67. The van der Waals surface area contributed by atoms with Crippen LogP contribution in [0.3, 0.4) is 0 Å². The van der Waals surface area contributed by atoms with Crippen LogP contribution in [0.1, 0.15) is 17.2 Å². The molecular weight excluding hydrogens is 178 g/mol. The Morgan fingerprint density at radius 2 is 1.86 bits per heavy atom. The Labute approximate surface area is 83.4 Å². The number of aryl methyl sites for hydroxylation is 1. The zero-order valence-corrected chi connectivity index (χ0v) is 8.14. The summed E-state index contributed by atoms with van der Waals surface area (Å²) in [6.07, 6.45) is -1.35. The largest absolute Gasteiger partial charge is 0.389 e. The van der Waals surface area contributed by atoms with Gasteiger partial charge in [0.15, 0.2) is 0 Å². The number of aliphatic hydroxyl groups excluding tert-OH is 2. The predicted octanol–water partition coefficient (Wildman–Crippen LogP) is 0.361. The third-order valence-electron chi connectivity index (χ3n) is 2.72. The first-order valence-corrected chi connectivity index (χ1v) is 4.84. The Balaban J connectivity index is 2.19. The van der Waals surface area contributed by atoms with E-state index in [2.05, 4.69) is 5.32 Å². The predicted molar refractivity (Wildman–Crippen MR) is 53.9 cm³/mol. The lowest BCUT2D eigenvalue weighted by Gasteiger charge is -2.16. The molecule has 0 aliphatic carbocycles. The Kier molecular flexibility index (Phi) is 2.54. The lowest BCUT2D eigenvalue weighted by Crippen LogP contribution is -2.25. The molecule has 1 aromatic rings. The van der Waals surface area contributed by atoms with Crippen molar-refractivity contribution in [3.05, 3.63) is 35.4 Å². The van der Waals surface area contributed by atoms with E-state index in [1.54, 1.807) is 0 Å². The van der Waals surface area contributed by atoms with Crippen LogP contribution in [0, 0.1) is 6.92 Å². The third-order valence-corrected chi connectivity index (χ3v) is 2.72. The fourth-order valence-electron chi connectivity index (χ4n) is 1.80. The molecule has 1 aliphatic heterocycles. The van der Waals surface area contributed by atoms with Gasteiger partial charge in [-0.25, -0.2) is 0 Å². The SMILES string of the molecule is Cc1ccc([C@@H]2NC[C@H](O)[C@H]2O)cc1. The van der Waals surface area contributed by atoms with E-state index in [0.29, 0.717) is 6.54 Å². The Hall–Kier alpha value is -0.900. The van der Waals surface area contributed by atoms with Crippen LogP contribution < -0.4 is 5.32 Å². The van der Waals surface area contributed by atoms with Crippen molar-refractivity contribution >= 4 is 0 Å². The Morgan fingerprint density at radius 1 is 1.21 bits per heavy atom. The topological polar surface area (TPSA) is 52.5 Å². The molecule has 1 aromatic carbocycles. The van der Waals surface area contributed by atoms with E-state index in [4.69, 9.17) is 0 Å². The van der Waals surface area contributed by atoms with Crippen LogP contribution in [-0.2, 0) is 0 Å². The fourth-order valence-corrected chi connectivity index (χ4v) is 1.80. The van der Waals surface area contributed by atoms with Gasteiger partial charge >= 0.3 is 0 Å². The number of hydrogen-bond acceptors (Lipinski definition) is 3. The molecule has 0 radical (unpaired) electrons. The van der Waals surface area contributed by atoms with E-state index in [1.807, 2.05) is 31.2 Å². The molecule has 0 amide bonds. The summed E-state index contributed by atoms with van der Waals surface area (Å²) in [6.45, 7) is 2.48. The van der Waals surface area contributed by atoms with Crippen LogP contribution in [0.5, 0.6) is 0 Å². The van der Waals surface area contributed by atoms with Crippen molar-refractivity contribution in [3.8, 4) is 0 Å². The van der Waals surface area contributed by atoms with Crippen LogP contribution in [0.15, 0.2) is 24.3 Å². The maximum atomic E-state index is 9.67. The van der Waals surface area contributed by atoms with Crippen LogP contribution in [-0.4, -0.2) is 29.0 Å². The summed E-state index contributed by atoms with van der Waals surface area (Å²) < 4.78 is 0. The minimum absolute atomic E-state index is 0.134. The molecule has 3 atom stereocenters. The molecule has 0 spiro atoms. The number of rotatable bonds is 1. The summed E-state index contributed by atoms with van der Waals surface area (Å²) >= 11 is 0. The first-order chi connectivity index (χ1) is 6.68. The zero-order chi connectivity index (χ0) is 10.1. The fraction of sp³-hybridized carbons (Fsp3) is 0.455. The van der Waals surface area contributed by atoms with Crippen LogP contribution in [0.25, 0.3) is 0 Å². The third kappa shape index (κ3) is 1.66. The first-order valence-electron chi connectivity index (χ1n) is 4.84. The zero-order valence-electron chi connectivity index (χ0n) is 8.14. The van der Waals surface area contributed by atoms with Crippen molar-refractivity contribution in [2.45, 2.75) is 25.2 Å². The minimum Gasteiger partial charge on any atom is -0.389 e. The van der Waals surface area contributed by atoms with Crippen molar-refractivity contribution in [2.75, 3.05) is 6.54 Å². The second-order valence-electron chi connectivity index (χ2n) is 3.85. The van der Waals surface area contributed by atoms with E-state index in [0.717, 1.165) is 5.56 Å². The molecule has 0 saturated carbocycles. The number of aliphatic hydroxyl groups is 2. The van der Waals surface area contributed by atoms with E-state index < -0.39 is 12.2 Å². The molecule has 1 aliphatic rings.